The molecule has 1 aliphatic carbocycles. The molecule has 0 saturated heterocycles. The summed E-state index contributed by atoms with van der Waals surface area (Å²) in [5.74, 6) is 0.409. The van der Waals surface area contributed by atoms with Crippen molar-refractivity contribution in [2.75, 3.05) is 0 Å². The molecular weight excluding hydrogens is 230 g/mol. The van der Waals surface area contributed by atoms with E-state index in [2.05, 4.69) is 6.92 Å². The van der Waals surface area contributed by atoms with Gasteiger partial charge in [0, 0.05) is 10.1 Å². The number of thioether (sulfide) groups is 1. The highest BCUT2D eigenvalue weighted by atomic mass is 32.2. The molecule has 2 unspecified atom stereocenters. The molecule has 1 aliphatic rings. The largest absolute Gasteiger partial charge is 0.366 e. The van der Waals surface area contributed by atoms with Gasteiger partial charge in [0.25, 0.3) is 0 Å². The van der Waals surface area contributed by atoms with E-state index in [-0.39, 0.29) is 5.91 Å². The van der Waals surface area contributed by atoms with Crippen LogP contribution >= 0.6 is 11.8 Å². The molecule has 2 N–H and O–H groups in total. The molecule has 1 aromatic carbocycles. The summed E-state index contributed by atoms with van der Waals surface area (Å²) in [6.07, 6.45) is 5.20. The first-order valence-corrected chi connectivity index (χ1v) is 7.12. The summed E-state index contributed by atoms with van der Waals surface area (Å²) in [7, 11) is 0. The van der Waals surface area contributed by atoms with Gasteiger partial charge in [0.1, 0.15) is 0 Å². The number of rotatable bonds is 3. The topological polar surface area (TPSA) is 43.1 Å². The molecule has 92 valence electrons. The molecule has 3 heteroatoms. The summed E-state index contributed by atoms with van der Waals surface area (Å²) in [6.45, 7) is 2.31. The highest BCUT2D eigenvalue weighted by Crippen LogP contribution is 2.38. The monoisotopic (exact) mass is 249 g/mol. The molecule has 0 spiro atoms. The first-order chi connectivity index (χ1) is 8.18. The van der Waals surface area contributed by atoms with Crippen LogP contribution in [0.4, 0.5) is 0 Å². The van der Waals surface area contributed by atoms with Crippen molar-refractivity contribution in [3.63, 3.8) is 0 Å². The number of carbonyl (C=O) groups excluding carboxylic acids is 1. The van der Waals surface area contributed by atoms with Crippen LogP contribution in [0.2, 0.25) is 0 Å². The first-order valence-electron chi connectivity index (χ1n) is 6.24. The van der Waals surface area contributed by atoms with Crippen molar-refractivity contribution in [2.45, 2.75) is 42.8 Å². The van der Waals surface area contributed by atoms with Crippen LogP contribution in [0.5, 0.6) is 0 Å². The zero-order chi connectivity index (χ0) is 12.3. The molecule has 1 amide bonds. The average Bonchev–Trinajstić information content (AvgIpc) is 2.32. The minimum absolute atomic E-state index is 0.323. The molecule has 2 nitrogen and oxygen atoms in total. The van der Waals surface area contributed by atoms with Gasteiger partial charge in [0.15, 0.2) is 0 Å². The lowest BCUT2D eigenvalue weighted by molar-refractivity contribution is 0.0997. The Hall–Kier alpha value is -0.960. The third-order valence-corrected chi connectivity index (χ3v) is 5.08. The highest BCUT2D eigenvalue weighted by Gasteiger charge is 2.23. The zero-order valence-corrected chi connectivity index (χ0v) is 11.0. The van der Waals surface area contributed by atoms with Gasteiger partial charge in [-0.15, -0.1) is 11.8 Å². The fraction of sp³-hybridized carbons (Fsp3) is 0.500. The quantitative estimate of drug-likeness (QED) is 0.891. The van der Waals surface area contributed by atoms with Crippen molar-refractivity contribution in [3.8, 4) is 0 Å². The van der Waals surface area contributed by atoms with Gasteiger partial charge in [0.2, 0.25) is 5.91 Å². The van der Waals surface area contributed by atoms with E-state index in [0.717, 1.165) is 10.8 Å². The number of primary amides is 1. The van der Waals surface area contributed by atoms with Gasteiger partial charge in [-0.1, -0.05) is 31.9 Å². The normalized spacial score (nSPS) is 24.5. The number of hydrogen-bond donors (Lipinski definition) is 1. The second-order valence-electron chi connectivity index (χ2n) is 4.78. The Balaban J connectivity index is 2.14. The predicted octanol–water partition coefficient (Wildman–Crippen LogP) is 3.46. The molecule has 1 aromatic rings. The number of carbonyl (C=O) groups is 1. The fourth-order valence-electron chi connectivity index (χ4n) is 2.39. The highest BCUT2D eigenvalue weighted by molar-refractivity contribution is 8.00. The van der Waals surface area contributed by atoms with E-state index in [1.54, 1.807) is 0 Å². The maximum absolute atomic E-state index is 11.4. The van der Waals surface area contributed by atoms with Crippen LogP contribution < -0.4 is 5.73 Å². The Morgan fingerprint density at radius 1 is 1.29 bits per heavy atom. The van der Waals surface area contributed by atoms with Crippen LogP contribution in [0.15, 0.2) is 29.2 Å². The van der Waals surface area contributed by atoms with Crippen LogP contribution in [0.25, 0.3) is 0 Å². The van der Waals surface area contributed by atoms with E-state index < -0.39 is 0 Å². The summed E-state index contributed by atoms with van der Waals surface area (Å²) in [6, 6.07) is 7.67. The maximum atomic E-state index is 11.4. The zero-order valence-electron chi connectivity index (χ0n) is 10.2. The Morgan fingerprint density at radius 3 is 2.71 bits per heavy atom. The maximum Gasteiger partial charge on any atom is 0.249 e. The summed E-state index contributed by atoms with van der Waals surface area (Å²) in [4.78, 5) is 12.4. The van der Waals surface area contributed by atoms with Crippen molar-refractivity contribution in [3.05, 3.63) is 29.8 Å². The molecular formula is C14H19NOS. The summed E-state index contributed by atoms with van der Waals surface area (Å²) < 4.78 is 0. The Kier molecular flexibility index (Phi) is 4.11. The van der Waals surface area contributed by atoms with Gasteiger partial charge >= 0.3 is 0 Å². The standard InChI is InChI=1S/C14H19NOS/c1-10-6-2-4-8-12(10)17-13-9-5-3-7-11(13)14(15)16/h3,5,7,9-10,12H,2,4,6,8H2,1H3,(H2,15,16). The minimum atomic E-state index is -0.323. The lowest BCUT2D eigenvalue weighted by Crippen LogP contribution is -2.20. The van der Waals surface area contributed by atoms with Gasteiger partial charge in [-0.2, -0.15) is 0 Å². The van der Waals surface area contributed by atoms with Crippen molar-refractivity contribution in [1.82, 2.24) is 0 Å². The average molecular weight is 249 g/mol. The molecule has 1 saturated carbocycles. The van der Waals surface area contributed by atoms with E-state index in [0.29, 0.717) is 10.8 Å². The van der Waals surface area contributed by atoms with Crippen LogP contribution in [-0.2, 0) is 0 Å². The molecule has 17 heavy (non-hydrogen) atoms. The smallest absolute Gasteiger partial charge is 0.249 e. The fourth-order valence-corrected chi connectivity index (χ4v) is 3.83. The third-order valence-electron chi connectivity index (χ3n) is 3.46. The number of nitrogens with two attached hydrogens (primary N) is 1. The van der Waals surface area contributed by atoms with E-state index >= 15 is 0 Å². The van der Waals surface area contributed by atoms with E-state index in [9.17, 15) is 4.79 Å². The van der Waals surface area contributed by atoms with Crippen LogP contribution in [-0.4, -0.2) is 11.2 Å². The minimum Gasteiger partial charge on any atom is -0.366 e. The predicted molar refractivity (Wildman–Crippen MR) is 72.2 cm³/mol. The molecule has 2 rings (SSSR count). The molecule has 0 heterocycles. The van der Waals surface area contributed by atoms with Gasteiger partial charge in [0.05, 0.1) is 5.56 Å². The molecule has 0 radical (unpaired) electrons. The molecule has 0 aliphatic heterocycles. The second-order valence-corrected chi connectivity index (χ2v) is 6.06. The number of amides is 1. The molecule has 2 atom stereocenters. The van der Waals surface area contributed by atoms with Crippen LogP contribution in [0.3, 0.4) is 0 Å². The lowest BCUT2D eigenvalue weighted by Gasteiger charge is -2.28. The third kappa shape index (κ3) is 3.03. The van der Waals surface area contributed by atoms with E-state index in [4.69, 9.17) is 5.73 Å². The van der Waals surface area contributed by atoms with Crippen molar-refractivity contribution >= 4 is 17.7 Å². The molecule has 1 fully saturated rings. The van der Waals surface area contributed by atoms with Crippen LogP contribution in [0.1, 0.15) is 43.0 Å². The Bertz CT molecular complexity index is 405. The molecule has 0 aromatic heterocycles. The Morgan fingerprint density at radius 2 is 2.00 bits per heavy atom. The van der Waals surface area contributed by atoms with E-state index in [1.165, 1.54) is 25.7 Å². The van der Waals surface area contributed by atoms with Crippen molar-refractivity contribution in [2.24, 2.45) is 11.7 Å². The Labute approximate surface area is 107 Å². The van der Waals surface area contributed by atoms with Gasteiger partial charge < -0.3 is 5.73 Å². The van der Waals surface area contributed by atoms with Gasteiger partial charge in [-0.05, 0) is 30.9 Å². The van der Waals surface area contributed by atoms with Gasteiger partial charge in [-0.3, -0.25) is 4.79 Å². The van der Waals surface area contributed by atoms with Crippen molar-refractivity contribution in [1.29, 1.82) is 0 Å². The lowest BCUT2D eigenvalue weighted by atomic mass is 9.90. The summed E-state index contributed by atoms with van der Waals surface area (Å²) >= 11 is 1.83. The second kappa shape index (κ2) is 5.58. The van der Waals surface area contributed by atoms with Crippen LogP contribution in [0, 0.1) is 5.92 Å². The number of hydrogen-bond acceptors (Lipinski definition) is 2. The van der Waals surface area contributed by atoms with E-state index in [1.807, 2.05) is 36.0 Å². The van der Waals surface area contributed by atoms with Gasteiger partial charge in [-0.25, -0.2) is 0 Å². The first kappa shape index (κ1) is 12.5. The summed E-state index contributed by atoms with van der Waals surface area (Å²) in [5.41, 5.74) is 6.06. The molecule has 0 bridgehead atoms. The SMILES string of the molecule is CC1CCCCC1Sc1ccccc1C(N)=O. The number of benzene rings is 1. The van der Waals surface area contributed by atoms with Crippen molar-refractivity contribution < 1.29 is 4.79 Å². The summed E-state index contributed by atoms with van der Waals surface area (Å²) in [5, 5.41) is 0.629.